The fourth-order valence-electron chi connectivity index (χ4n) is 1.11. The molecule has 0 aliphatic carbocycles. The first-order valence-corrected chi connectivity index (χ1v) is 8.67. The molecule has 1 fully saturated rings. The number of carbonyl (C=O) groups is 1. The van der Waals surface area contributed by atoms with Crippen LogP contribution in [-0.2, 0) is 14.3 Å². The summed E-state index contributed by atoms with van der Waals surface area (Å²) in [5, 5.41) is 3.07. The Balaban J connectivity index is 2.27. The highest BCUT2D eigenvalue weighted by atomic mass is 28.3. The van der Waals surface area contributed by atoms with Crippen LogP contribution in [0.4, 0.5) is 0 Å². The molecule has 82 valence electrons. The van der Waals surface area contributed by atoms with Crippen LogP contribution in [-0.4, -0.2) is 46.1 Å². The van der Waals surface area contributed by atoms with Gasteiger partial charge in [-0.3, -0.25) is 4.79 Å². The summed E-state index contributed by atoms with van der Waals surface area (Å²) in [4.78, 5) is 11.5. The maximum atomic E-state index is 11.5. The molecule has 0 aromatic rings. The minimum absolute atomic E-state index is 0.174. The molecule has 0 unspecified atom stereocenters. The van der Waals surface area contributed by atoms with Gasteiger partial charge in [-0.05, 0) is 0 Å². The summed E-state index contributed by atoms with van der Waals surface area (Å²) < 4.78 is 10.4. The molecule has 5 heteroatoms. The number of rotatable bonds is 3. The fraction of sp³-hybridized carbons (Fsp3) is 0.889. The number of morpholine rings is 1. The second-order valence-corrected chi connectivity index (χ2v) is 10.2. The first-order valence-electron chi connectivity index (χ1n) is 4.97. The van der Waals surface area contributed by atoms with Gasteiger partial charge in [0.25, 0.3) is 0 Å². The van der Waals surface area contributed by atoms with Gasteiger partial charge in [0.05, 0.1) is 27.5 Å². The molecule has 4 nitrogen and oxygen atoms in total. The third-order valence-corrected chi connectivity index (χ3v) is 2.86. The highest BCUT2D eigenvalue weighted by molar-refractivity contribution is 6.76. The summed E-state index contributed by atoms with van der Waals surface area (Å²) in [6.45, 7) is 8.36. The van der Waals surface area contributed by atoms with Gasteiger partial charge < -0.3 is 14.8 Å². The molecule has 0 bridgehead atoms. The van der Waals surface area contributed by atoms with Gasteiger partial charge in [-0.2, -0.15) is 0 Å². The molecule has 1 heterocycles. The summed E-state index contributed by atoms with van der Waals surface area (Å²) in [6, 6.07) is -0.264. The molecule has 1 aliphatic rings. The molecule has 1 N–H and O–H groups in total. The van der Waals surface area contributed by atoms with Crippen LogP contribution < -0.4 is 5.32 Å². The summed E-state index contributed by atoms with van der Waals surface area (Å²) in [6.07, 6.45) is 0.587. The quantitative estimate of drug-likeness (QED) is 0.549. The summed E-state index contributed by atoms with van der Waals surface area (Å²) >= 11 is 0. The number of carbonyl (C=O) groups excluding carboxylic acids is 1. The van der Waals surface area contributed by atoms with Gasteiger partial charge in [0, 0.05) is 6.54 Å². The Labute approximate surface area is 86.0 Å². The minimum Gasteiger partial charge on any atom is -0.468 e. The van der Waals surface area contributed by atoms with E-state index in [0.29, 0.717) is 19.4 Å². The normalized spacial score (nSPS) is 23.2. The zero-order valence-corrected chi connectivity index (χ0v) is 10.1. The topological polar surface area (TPSA) is 47.6 Å². The number of nitrogens with one attached hydrogen (secondary N) is 1. The Kier molecular flexibility index (Phi) is 4.09. The first kappa shape index (κ1) is 11.7. The molecule has 0 aromatic heterocycles. The van der Waals surface area contributed by atoms with Crippen LogP contribution in [0, 0.1) is 0 Å². The van der Waals surface area contributed by atoms with Gasteiger partial charge in [0.1, 0.15) is 6.04 Å². The van der Waals surface area contributed by atoms with Crippen molar-refractivity contribution in [3.8, 4) is 0 Å². The predicted molar refractivity (Wildman–Crippen MR) is 56.9 cm³/mol. The van der Waals surface area contributed by atoms with E-state index in [9.17, 15) is 4.79 Å². The maximum absolute atomic E-state index is 11.5. The maximum Gasteiger partial charge on any atom is 0.325 e. The van der Waals surface area contributed by atoms with Gasteiger partial charge in [-0.15, -0.1) is 0 Å². The highest BCUT2D eigenvalue weighted by Crippen LogP contribution is 2.03. The van der Waals surface area contributed by atoms with Gasteiger partial charge in [-0.25, -0.2) is 0 Å². The van der Waals surface area contributed by atoms with Crippen molar-refractivity contribution in [3.05, 3.63) is 0 Å². The van der Waals surface area contributed by atoms with Crippen LogP contribution in [0.3, 0.4) is 0 Å². The van der Waals surface area contributed by atoms with Crippen molar-refractivity contribution < 1.29 is 14.3 Å². The van der Waals surface area contributed by atoms with Crippen LogP contribution in [0.25, 0.3) is 0 Å². The Morgan fingerprint density at radius 3 is 2.79 bits per heavy atom. The Morgan fingerprint density at radius 2 is 2.29 bits per heavy atom. The standard InChI is InChI=1S/C9H19NO3Si/c1-14(2,3)7-13-9(11)8-6-12-5-4-10-8/h8,10H,4-7H2,1-3H3/t8-/m1/s1. The van der Waals surface area contributed by atoms with Gasteiger partial charge >= 0.3 is 5.97 Å². The Hall–Kier alpha value is -0.393. The van der Waals surface area contributed by atoms with E-state index in [2.05, 4.69) is 25.0 Å². The van der Waals surface area contributed by atoms with E-state index in [0.717, 1.165) is 6.54 Å². The molecule has 14 heavy (non-hydrogen) atoms. The van der Waals surface area contributed by atoms with Crippen LogP contribution in [0.5, 0.6) is 0 Å². The molecule has 0 saturated carbocycles. The van der Waals surface area contributed by atoms with Crippen molar-refractivity contribution in [2.45, 2.75) is 25.7 Å². The van der Waals surface area contributed by atoms with E-state index < -0.39 is 8.07 Å². The molecular formula is C9H19NO3Si. The van der Waals surface area contributed by atoms with Crippen LogP contribution in [0.1, 0.15) is 0 Å². The van der Waals surface area contributed by atoms with Crippen molar-refractivity contribution in [1.82, 2.24) is 5.32 Å². The van der Waals surface area contributed by atoms with Crippen LogP contribution in [0.15, 0.2) is 0 Å². The Bertz CT molecular complexity index is 197. The lowest BCUT2D eigenvalue weighted by molar-refractivity contribution is -0.147. The molecule has 0 amide bonds. The summed E-state index contributed by atoms with van der Waals surface area (Å²) in [5.74, 6) is -0.174. The minimum atomic E-state index is -1.30. The van der Waals surface area contributed by atoms with E-state index >= 15 is 0 Å². The lowest BCUT2D eigenvalue weighted by Crippen LogP contribution is -2.48. The monoisotopic (exact) mass is 217 g/mol. The van der Waals surface area contributed by atoms with Crippen molar-refractivity contribution >= 4 is 14.0 Å². The third-order valence-electron chi connectivity index (χ3n) is 1.85. The fourth-order valence-corrected chi connectivity index (χ4v) is 1.68. The summed E-state index contributed by atoms with van der Waals surface area (Å²) in [7, 11) is -1.30. The van der Waals surface area contributed by atoms with Crippen LogP contribution in [0.2, 0.25) is 19.6 Å². The summed E-state index contributed by atoms with van der Waals surface area (Å²) in [5.41, 5.74) is 0. The molecule has 1 aliphatic heterocycles. The van der Waals surface area contributed by atoms with E-state index in [1.165, 1.54) is 0 Å². The largest absolute Gasteiger partial charge is 0.468 e. The molecule has 0 radical (unpaired) electrons. The zero-order valence-electron chi connectivity index (χ0n) is 9.13. The number of hydrogen-bond acceptors (Lipinski definition) is 4. The lowest BCUT2D eigenvalue weighted by Gasteiger charge is -2.24. The van der Waals surface area contributed by atoms with Crippen molar-refractivity contribution in [2.75, 3.05) is 26.0 Å². The van der Waals surface area contributed by atoms with E-state index in [1.807, 2.05) is 0 Å². The van der Waals surface area contributed by atoms with E-state index in [4.69, 9.17) is 9.47 Å². The van der Waals surface area contributed by atoms with Crippen molar-refractivity contribution in [2.24, 2.45) is 0 Å². The SMILES string of the molecule is C[Si](C)(C)COC(=O)[C@H]1COCCN1. The van der Waals surface area contributed by atoms with Gasteiger partial charge in [0.2, 0.25) is 0 Å². The smallest absolute Gasteiger partial charge is 0.325 e. The van der Waals surface area contributed by atoms with Crippen molar-refractivity contribution in [3.63, 3.8) is 0 Å². The highest BCUT2D eigenvalue weighted by Gasteiger charge is 2.24. The molecule has 0 aromatic carbocycles. The average molecular weight is 217 g/mol. The van der Waals surface area contributed by atoms with Crippen molar-refractivity contribution in [1.29, 1.82) is 0 Å². The molecule has 1 rings (SSSR count). The zero-order chi connectivity index (χ0) is 10.6. The number of esters is 1. The number of ether oxygens (including phenoxy) is 2. The van der Waals surface area contributed by atoms with E-state index in [-0.39, 0.29) is 12.0 Å². The second kappa shape index (κ2) is 4.91. The molecule has 1 saturated heterocycles. The predicted octanol–water partition coefficient (Wildman–Crippen LogP) is 0.395. The molecular weight excluding hydrogens is 198 g/mol. The Morgan fingerprint density at radius 1 is 1.57 bits per heavy atom. The molecule has 1 atom stereocenters. The first-order chi connectivity index (χ1) is 6.49. The third kappa shape index (κ3) is 4.21. The lowest BCUT2D eigenvalue weighted by atomic mass is 10.3. The van der Waals surface area contributed by atoms with Gasteiger partial charge in [0.15, 0.2) is 0 Å². The number of hydrogen-bond donors (Lipinski definition) is 1. The van der Waals surface area contributed by atoms with E-state index in [1.54, 1.807) is 0 Å². The van der Waals surface area contributed by atoms with Gasteiger partial charge in [-0.1, -0.05) is 19.6 Å². The molecule has 0 spiro atoms. The van der Waals surface area contributed by atoms with Crippen LogP contribution >= 0.6 is 0 Å². The second-order valence-electron chi connectivity index (χ2n) is 4.75. The average Bonchev–Trinajstić information content (AvgIpc) is 2.14.